The van der Waals surface area contributed by atoms with Crippen LogP contribution in [0.5, 0.6) is 0 Å². The Labute approximate surface area is 156 Å². The van der Waals surface area contributed by atoms with Crippen LogP contribution < -0.4 is 10.6 Å². The van der Waals surface area contributed by atoms with Crippen molar-refractivity contribution in [2.45, 2.75) is 12.8 Å². The molecular formula is C21H20N2O4. The smallest absolute Gasteiger partial charge is 0.307 e. The zero-order chi connectivity index (χ0) is 19.2. The van der Waals surface area contributed by atoms with Crippen LogP contribution in [0, 0.1) is 11.8 Å². The lowest BCUT2D eigenvalue weighted by molar-refractivity contribution is -0.146. The third kappa shape index (κ3) is 4.41. The minimum atomic E-state index is -0.991. The van der Waals surface area contributed by atoms with E-state index in [0.29, 0.717) is 29.8 Å². The fourth-order valence-corrected chi connectivity index (χ4v) is 3.11. The van der Waals surface area contributed by atoms with Crippen molar-refractivity contribution >= 4 is 29.2 Å². The number of hydrogen-bond donors (Lipinski definition) is 3. The lowest BCUT2D eigenvalue weighted by Crippen LogP contribution is -2.35. The maximum Gasteiger partial charge on any atom is 0.307 e. The number of carbonyl (C=O) groups excluding carboxylic acids is 2. The van der Waals surface area contributed by atoms with Gasteiger partial charge >= 0.3 is 5.97 Å². The van der Waals surface area contributed by atoms with Gasteiger partial charge in [0.2, 0.25) is 5.91 Å². The number of allylic oxidation sites excluding steroid dienone is 2. The summed E-state index contributed by atoms with van der Waals surface area (Å²) >= 11 is 0. The van der Waals surface area contributed by atoms with E-state index >= 15 is 0 Å². The topological polar surface area (TPSA) is 95.5 Å². The van der Waals surface area contributed by atoms with Gasteiger partial charge in [-0.2, -0.15) is 0 Å². The predicted molar refractivity (Wildman–Crippen MR) is 102 cm³/mol. The third-order valence-corrected chi connectivity index (χ3v) is 4.55. The Kier molecular flexibility index (Phi) is 5.66. The van der Waals surface area contributed by atoms with Crippen LogP contribution in [0.25, 0.3) is 0 Å². The van der Waals surface area contributed by atoms with E-state index in [1.165, 1.54) is 0 Å². The molecule has 3 N–H and O–H groups in total. The summed E-state index contributed by atoms with van der Waals surface area (Å²) in [5, 5.41) is 14.9. The number of aliphatic carboxylic acids is 1. The predicted octanol–water partition coefficient (Wildman–Crippen LogP) is 3.54. The molecule has 0 fully saturated rings. The number of carboxylic acids is 1. The molecule has 0 radical (unpaired) electrons. The van der Waals surface area contributed by atoms with Gasteiger partial charge in [-0.3, -0.25) is 14.4 Å². The average molecular weight is 364 g/mol. The van der Waals surface area contributed by atoms with Gasteiger partial charge in [-0.1, -0.05) is 42.5 Å². The molecule has 0 spiro atoms. The lowest BCUT2D eigenvalue weighted by atomic mass is 9.82. The summed E-state index contributed by atoms with van der Waals surface area (Å²) in [5.41, 5.74) is 1.31. The summed E-state index contributed by atoms with van der Waals surface area (Å²) in [7, 11) is 0. The van der Waals surface area contributed by atoms with Crippen LogP contribution in [0.2, 0.25) is 0 Å². The molecule has 6 heteroatoms. The van der Waals surface area contributed by atoms with Crippen LogP contribution in [-0.4, -0.2) is 22.9 Å². The Morgan fingerprint density at radius 2 is 1.44 bits per heavy atom. The zero-order valence-electron chi connectivity index (χ0n) is 14.6. The first-order chi connectivity index (χ1) is 13.1. The lowest BCUT2D eigenvalue weighted by Gasteiger charge is -2.24. The monoisotopic (exact) mass is 364 g/mol. The Morgan fingerprint density at radius 1 is 0.815 bits per heavy atom. The molecular weight excluding hydrogens is 344 g/mol. The van der Waals surface area contributed by atoms with Gasteiger partial charge in [0.15, 0.2) is 0 Å². The standard InChI is InChI=1S/C21H20N2O4/c24-19(15-10-4-5-11-16(15)21(26)27)23-18-13-7-6-12-17(18)20(25)22-14-8-2-1-3-9-14/h1-9,12-13,15-16H,10-11H2,(H,22,25)(H,23,24)(H,26,27)/t15-,16-/m1/s1. The number of anilines is 2. The molecule has 0 heterocycles. The minimum absolute atomic E-state index is 0.313. The van der Waals surface area contributed by atoms with Crippen molar-refractivity contribution in [1.29, 1.82) is 0 Å². The third-order valence-electron chi connectivity index (χ3n) is 4.55. The van der Waals surface area contributed by atoms with Crippen LogP contribution in [0.4, 0.5) is 11.4 Å². The first kappa shape index (κ1) is 18.4. The van der Waals surface area contributed by atoms with Crippen LogP contribution >= 0.6 is 0 Å². The minimum Gasteiger partial charge on any atom is -0.481 e. The largest absolute Gasteiger partial charge is 0.481 e. The molecule has 6 nitrogen and oxygen atoms in total. The number of rotatable bonds is 5. The Hall–Kier alpha value is -3.41. The van der Waals surface area contributed by atoms with Gasteiger partial charge in [-0.25, -0.2) is 0 Å². The molecule has 0 saturated heterocycles. The van der Waals surface area contributed by atoms with Gasteiger partial charge in [0.05, 0.1) is 23.1 Å². The fourth-order valence-electron chi connectivity index (χ4n) is 3.11. The zero-order valence-corrected chi connectivity index (χ0v) is 14.6. The highest BCUT2D eigenvalue weighted by molar-refractivity contribution is 6.10. The molecule has 0 saturated carbocycles. The Balaban J connectivity index is 1.77. The highest BCUT2D eigenvalue weighted by Crippen LogP contribution is 2.28. The summed E-state index contributed by atoms with van der Waals surface area (Å²) in [6.45, 7) is 0. The van der Waals surface area contributed by atoms with Gasteiger partial charge in [-0.15, -0.1) is 0 Å². The molecule has 0 aliphatic heterocycles. The van der Waals surface area contributed by atoms with E-state index in [-0.39, 0.29) is 5.91 Å². The van der Waals surface area contributed by atoms with Crippen LogP contribution in [0.3, 0.4) is 0 Å². The SMILES string of the molecule is O=C(Nc1ccccc1)c1ccccc1NC(=O)[C@@H]1CC=CC[C@H]1C(=O)O. The first-order valence-corrected chi connectivity index (χ1v) is 8.70. The molecule has 2 aromatic carbocycles. The molecule has 138 valence electrons. The molecule has 2 atom stereocenters. The van der Waals surface area contributed by atoms with Crippen molar-refractivity contribution in [3.05, 3.63) is 72.3 Å². The number of carboxylic acid groups (broad SMARTS) is 1. The second-order valence-electron chi connectivity index (χ2n) is 6.35. The first-order valence-electron chi connectivity index (χ1n) is 8.70. The van der Waals surface area contributed by atoms with E-state index < -0.39 is 23.7 Å². The average Bonchev–Trinajstić information content (AvgIpc) is 2.69. The second kappa shape index (κ2) is 8.31. The highest BCUT2D eigenvalue weighted by Gasteiger charge is 2.34. The summed E-state index contributed by atoms with van der Waals surface area (Å²) in [4.78, 5) is 36.7. The Bertz CT molecular complexity index is 877. The summed E-state index contributed by atoms with van der Waals surface area (Å²) in [6.07, 6.45) is 4.28. The highest BCUT2D eigenvalue weighted by atomic mass is 16.4. The number of benzene rings is 2. The number of carbonyl (C=O) groups is 3. The van der Waals surface area contributed by atoms with E-state index in [4.69, 9.17) is 0 Å². The van der Waals surface area contributed by atoms with E-state index in [1.807, 2.05) is 24.3 Å². The van der Waals surface area contributed by atoms with E-state index in [0.717, 1.165) is 0 Å². The van der Waals surface area contributed by atoms with E-state index in [1.54, 1.807) is 42.5 Å². The van der Waals surface area contributed by atoms with Crippen molar-refractivity contribution in [3.63, 3.8) is 0 Å². The molecule has 0 bridgehead atoms. The van der Waals surface area contributed by atoms with Crippen LogP contribution in [0.15, 0.2) is 66.7 Å². The van der Waals surface area contributed by atoms with Gasteiger partial charge in [-0.05, 0) is 37.1 Å². The summed E-state index contributed by atoms with van der Waals surface area (Å²) in [6, 6.07) is 15.7. The quantitative estimate of drug-likeness (QED) is 0.707. The second-order valence-corrected chi connectivity index (χ2v) is 6.35. The summed E-state index contributed by atoms with van der Waals surface area (Å²) < 4.78 is 0. The van der Waals surface area contributed by atoms with E-state index in [2.05, 4.69) is 10.6 Å². The molecule has 0 aromatic heterocycles. The molecule has 3 rings (SSSR count). The molecule has 27 heavy (non-hydrogen) atoms. The van der Waals surface area contributed by atoms with Crippen molar-refractivity contribution in [2.24, 2.45) is 11.8 Å². The van der Waals surface area contributed by atoms with Crippen LogP contribution in [0.1, 0.15) is 23.2 Å². The van der Waals surface area contributed by atoms with Gasteiger partial charge < -0.3 is 15.7 Å². The summed E-state index contributed by atoms with van der Waals surface area (Å²) in [5.74, 6) is -3.17. The van der Waals surface area contributed by atoms with Crippen molar-refractivity contribution in [3.8, 4) is 0 Å². The molecule has 1 aliphatic rings. The van der Waals surface area contributed by atoms with Crippen molar-refractivity contribution in [1.82, 2.24) is 0 Å². The van der Waals surface area contributed by atoms with Gasteiger partial charge in [0.25, 0.3) is 5.91 Å². The number of amides is 2. The van der Waals surface area contributed by atoms with Crippen molar-refractivity contribution < 1.29 is 19.5 Å². The van der Waals surface area contributed by atoms with Crippen molar-refractivity contribution in [2.75, 3.05) is 10.6 Å². The number of para-hydroxylation sites is 2. The molecule has 2 amide bonds. The maximum absolute atomic E-state index is 12.7. The van der Waals surface area contributed by atoms with E-state index in [9.17, 15) is 19.5 Å². The number of hydrogen-bond acceptors (Lipinski definition) is 3. The fraction of sp³-hybridized carbons (Fsp3) is 0.190. The van der Waals surface area contributed by atoms with Gasteiger partial charge in [0.1, 0.15) is 0 Å². The molecule has 2 aromatic rings. The number of nitrogens with one attached hydrogen (secondary N) is 2. The van der Waals surface area contributed by atoms with Gasteiger partial charge in [0, 0.05) is 5.69 Å². The molecule has 0 unspecified atom stereocenters. The maximum atomic E-state index is 12.7. The Morgan fingerprint density at radius 3 is 2.15 bits per heavy atom. The molecule has 1 aliphatic carbocycles. The van der Waals surface area contributed by atoms with Crippen LogP contribution in [-0.2, 0) is 9.59 Å². The normalized spacial score (nSPS) is 18.5.